The van der Waals surface area contributed by atoms with Gasteiger partial charge in [-0.3, -0.25) is 4.79 Å². The van der Waals surface area contributed by atoms with Crippen LogP contribution in [0.5, 0.6) is 5.75 Å². The summed E-state index contributed by atoms with van der Waals surface area (Å²) in [4.78, 5) is 23.9. The maximum atomic E-state index is 12.1. The zero-order chi connectivity index (χ0) is 19.1. The summed E-state index contributed by atoms with van der Waals surface area (Å²) in [6.45, 7) is 5.33. The van der Waals surface area contributed by atoms with Crippen LogP contribution in [-0.2, 0) is 14.3 Å². The van der Waals surface area contributed by atoms with Crippen molar-refractivity contribution in [2.24, 2.45) is 0 Å². The minimum atomic E-state index is -0.645. The number of halogens is 1. The first-order valence-corrected chi connectivity index (χ1v) is 8.68. The van der Waals surface area contributed by atoms with E-state index in [1.807, 2.05) is 25.1 Å². The highest BCUT2D eigenvalue weighted by Crippen LogP contribution is 2.27. The summed E-state index contributed by atoms with van der Waals surface area (Å²) in [7, 11) is 0. The van der Waals surface area contributed by atoms with E-state index in [0.717, 1.165) is 16.8 Å². The molecule has 6 heteroatoms. The lowest BCUT2D eigenvalue weighted by Gasteiger charge is -2.16. The Balaban J connectivity index is 1.85. The van der Waals surface area contributed by atoms with Gasteiger partial charge >= 0.3 is 5.97 Å². The van der Waals surface area contributed by atoms with Crippen LogP contribution in [0, 0.1) is 6.92 Å². The zero-order valence-electron chi connectivity index (χ0n) is 15.0. The largest absolute Gasteiger partial charge is 0.480 e. The Morgan fingerprint density at radius 2 is 1.81 bits per heavy atom. The topological polar surface area (TPSA) is 64.6 Å². The summed E-state index contributed by atoms with van der Waals surface area (Å²) in [6, 6.07) is 12.6. The monoisotopic (exact) mass is 375 g/mol. The highest BCUT2D eigenvalue weighted by molar-refractivity contribution is 6.32. The van der Waals surface area contributed by atoms with Crippen LogP contribution < -0.4 is 10.1 Å². The Morgan fingerprint density at radius 3 is 2.50 bits per heavy atom. The lowest BCUT2D eigenvalue weighted by molar-refractivity contribution is -0.149. The molecule has 2 aromatic rings. The standard InChI is InChI=1S/C20H22ClNO4/c1-13(2)15-8-6-7-14(3)20(15)22-18(23)11-26-19(24)12-25-17-10-5-4-9-16(17)21/h4-10,13H,11-12H2,1-3H3,(H,22,23). The average Bonchev–Trinajstić information content (AvgIpc) is 2.60. The fourth-order valence-electron chi connectivity index (χ4n) is 2.40. The van der Waals surface area contributed by atoms with Crippen molar-refractivity contribution < 1.29 is 19.1 Å². The van der Waals surface area contributed by atoms with E-state index in [9.17, 15) is 9.59 Å². The van der Waals surface area contributed by atoms with Gasteiger partial charge < -0.3 is 14.8 Å². The van der Waals surface area contributed by atoms with E-state index in [1.54, 1.807) is 24.3 Å². The summed E-state index contributed by atoms with van der Waals surface area (Å²) in [5.74, 6) is -0.393. The van der Waals surface area contributed by atoms with Gasteiger partial charge in [0.05, 0.1) is 5.02 Å². The van der Waals surface area contributed by atoms with Crippen molar-refractivity contribution in [3.8, 4) is 5.75 Å². The molecule has 138 valence electrons. The molecule has 0 atom stereocenters. The molecular formula is C20H22ClNO4. The molecule has 0 radical (unpaired) electrons. The van der Waals surface area contributed by atoms with Gasteiger partial charge in [-0.1, -0.05) is 55.8 Å². The molecule has 0 aromatic heterocycles. The van der Waals surface area contributed by atoms with Gasteiger partial charge in [-0.15, -0.1) is 0 Å². The highest BCUT2D eigenvalue weighted by atomic mass is 35.5. The van der Waals surface area contributed by atoms with E-state index in [0.29, 0.717) is 10.8 Å². The Kier molecular flexibility index (Phi) is 7.04. The number of hydrogen-bond acceptors (Lipinski definition) is 4. The average molecular weight is 376 g/mol. The molecule has 0 unspecified atom stereocenters. The smallest absolute Gasteiger partial charge is 0.344 e. The van der Waals surface area contributed by atoms with Gasteiger partial charge in [-0.2, -0.15) is 0 Å². The normalized spacial score (nSPS) is 10.5. The first kappa shape index (κ1) is 19.8. The third kappa shape index (κ3) is 5.49. The van der Waals surface area contributed by atoms with E-state index < -0.39 is 11.9 Å². The number of benzene rings is 2. The molecule has 0 aliphatic heterocycles. The van der Waals surface area contributed by atoms with Crippen molar-refractivity contribution >= 4 is 29.2 Å². The fraction of sp³-hybridized carbons (Fsp3) is 0.300. The molecule has 0 spiro atoms. The molecule has 0 aliphatic rings. The zero-order valence-corrected chi connectivity index (χ0v) is 15.8. The van der Waals surface area contributed by atoms with Gasteiger partial charge in [0.1, 0.15) is 5.75 Å². The van der Waals surface area contributed by atoms with Gasteiger partial charge in [0.2, 0.25) is 0 Å². The van der Waals surface area contributed by atoms with E-state index in [2.05, 4.69) is 19.2 Å². The number of anilines is 1. The number of hydrogen-bond donors (Lipinski definition) is 1. The molecule has 0 saturated carbocycles. The van der Waals surface area contributed by atoms with Crippen molar-refractivity contribution in [2.75, 3.05) is 18.5 Å². The Morgan fingerprint density at radius 1 is 1.08 bits per heavy atom. The van der Waals surface area contributed by atoms with Crippen LogP contribution in [-0.4, -0.2) is 25.1 Å². The first-order chi connectivity index (χ1) is 12.4. The summed E-state index contributed by atoms with van der Waals surface area (Å²) in [5, 5.41) is 3.22. The molecule has 1 N–H and O–H groups in total. The van der Waals surface area contributed by atoms with E-state index in [1.165, 1.54) is 0 Å². The van der Waals surface area contributed by atoms with Crippen LogP contribution in [0.2, 0.25) is 5.02 Å². The number of rotatable bonds is 7. The highest BCUT2D eigenvalue weighted by Gasteiger charge is 2.14. The number of nitrogens with one attached hydrogen (secondary N) is 1. The van der Waals surface area contributed by atoms with Crippen LogP contribution in [0.15, 0.2) is 42.5 Å². The van der Waals surface area contributed by atoms with Crippen molar-refractivity contribution in [1.29, 1.82) is 0 Å². The van der Waals surface area contributed by atoms with Gasteiger partial charge in [0, 0.05) is 5.69 Å². The van der Waals surface area contributed by atoms with E-state index in [-0.39, 0.29) is 19.1 Å². The summed E-state index contributed by atoms with van der Waals surface area (Å²) >= 11 is 5.94. The minimum Gasteiger partial charge on any atom is -0.480 e. The lowest BCUT2D eigenvalue weighted by Crippen LogP contribution is -2.24. The number of amides is 1. The third-order valence-electron chi connectivity index (χ3n) is 3.74. The van der Waals surface area contributed by atoms with Crippen molar-refractivity contribution in [3.63, 3.8) is 0 Å². The van der Waals surface area contributed by atoms with Gasteiger partial charge in [-0.05, 0) is 36.1 Å². The van der Waals surface area contributed by atoms with Crippen molar-refractivity contribution in [1.82, 2.24) is 0 Å². The number of carbonyl (C=O) groups excluding carboxylic acids is 2. The predicted molar refractivity (Wildman–Crippen MR) is 102 cm³/mol. The first-order valence-electron chi connectivity index (χ1n) is 8.30. The molecule has 26 heavy (non-hydrogen) atoms. The van der Waals surface area contributed by atoms with Gasteiger partial charge in [-0.25, -0.2) is 4.79 Å². The van der Waals surface area contributed by atoms with E-state index in [4.69, 9.17) is 21.1 Å². The van der Waals surface area contributed by atoms with Crippen LogP contribution in [0.3, 0.4) is 0 Å². The molecule has 1 amide bonds. The van der Waals surface area contributed by atoms with Gasteiger partial charge in [0.25, 0.3) is 5.91 Å². The fourth-order valence-corrected chi connectivity index (χ4v) is 2.59. The Labute approximate surface area is 158 Å². The van der Waals surface area contributed by atoms with Crippen LogP contribution in [0.1, 0.15) is 30.9 Å². The number of esters is 1. The predicted octanol–water partition coefficient (Wildman–Crippen LogP) is 4.33. The van der Waals surface area contributed by atoms with E-state index >= 15 is 0 Å². The Hall–Kier alpha value is -2.53. The third-order valence-corrected chi connectivity index (χ3v) is 4.05. The minimum absolute atomic E-state index is 0.261. The molecule has 0 saturated heterocycles. The summed E-state index contributed by atoms with van der Waals surface area (Å²) in [5.41, 5.74) is 2.75. The Bertz CT molecular complexity index is 789. The number of ether oxygens (including phenoxy) is 2. The second kappa shape index (κ2) is 9.25. The molecule has 0 heterocycles. The number of carbonyl (C=O) groups is 2. The maximum Gasteiger partial charge on any atom is 0.344 e. The molecule has 2 aromatic carbocycles. The van der Waals surface area contributed by atoms with Crippen molar-refractivity contribution in [3.05, 3.63) is 58.6 Å². The molecule has 5 nitrogen and oxygen atoms in total. The van der Waals surface area contributed by atoms with Crippen LogP contribution in [0.4, 0.5) is 5.69 Å². The SMILES string of the molecule is Cc1cccc(C(C)C)c1NC(=O)COC(=O)COc1ccccc1Cl. The van der Waals surface area contributed by atoms with Crippen molar-refractivity contribution in [2.45, 2.75) is 26.7 Å². The lowest BCUT2D eigenvalue weighted by atomic mass is 9.98. The summed E-state index contributed by atoms with van der Waals surface area (Å²) in [6.07, 6.45) is 0. The quantitative estimate of drug-likeness (QED) is 0.731. The second-order valence-corrected chi connectivity index (χ2v) is 6.53. The molecular weight excluding hydrogens is 354 g/mol. The molecule has 2 rings (SSSR count). The molecule has 0 aliphatic carbocycles. The van der Waals surface area contributed by atoms with Crippen LogP contribution >= 0.6 is 11.6 Å². The molecule has 0 bridgehead atoms. The second-order valence-electron chi connectivity index (χ2n) is 6.12. The maximum absolute atomic E-state index is 12.1. The number of para-hydroxylation sites is 2. The van der Waals surface area contributed by atoms with Gasteiger partial charge in [0.15, 0.2) is 13.2 Å². The molecule has 0 fully saturated rings. The number of aryl methyl sites for hydroxylation is 1. The summed E-state index contributed by atoms with van der Waals surface area (Å²) < 4.78 is 10.2. The van der Waals surface area contributed by atoms with Crippen LogP contribution in [0.25, 0.3) is 0 Å².